The Bertz CT molecular complexity index is 723. The third-order valence-electron chi connectivity index (χ3n) is 5.04. The maximum atomic E-state index is 12.3. The Hall–Kier alpha value is -2.17. The van der Waals surface area contributed by atoms with Crippen molar-refractivity contribution in [2.75, 3.05) is 25.0 Å². The highest BCUT2D eigenvalue weighted by atomic mass is 16.2. The number of hydrogen-bond donors (Lipinski definition) is 0. The average Bonchev–Trinajstić information content (AvgIpc) is 3.45. The number of fused-ring (bicyclic) bond motifs is 1. The first-order valence-corrected chi connectivity index (χ1v) is 8.45. The molecule has 23 heavy (non-hydrogen) atoms. The molecule has 120 valence electrons. The summed E-state index contributed by atoms with van der Waals surface area (Å²) >= 11 is 0. The van der Waals surface area contributed by atoms with Crippen molar-refractivity contribution in [3.63, 3.8) is 0 Å². The van der Waals surface area contributed by atoms with E-state index < -0.39 is 0 Å². The second-order valence-corrected chi connectivity index (χ2v) is 6.68. The van der Waals surface area contributed by atoms with Gasteiger partial charge >= 0.3 is 0 Å². The van der Waals surface area contributed by atoms with Gasteiger partial charge in [0, 0.05) is 37.5 Å². The molecule has 2 fully saturated rings. The lowest BCUT2D eigenvalue weighted by Crippen LogP contribution is -2.49. The molecule has 1 aromatic heterocycles. The topological polar surface area (TPSA) is 49.3 Å². The molecule has 0 radical (unpaired) electrons. The Balaban J connectivity index is 1.57. The Morgan fingerprint density at radius 2 is 2.04 bits per heavy atom. The van der Waals surface area contributed by atoms with Gasteiger partial charge in [-0.25, -0.2) is 9.97 Å². The van der Waals surface area contributed by atoms with E-state index in [2.05, 4.69) is 20.9 Å². The molecule has 1 atom stereocenters. The molecule has 1 saturated heterocycles. The standard InChI is InChI=1S/C18H22N4O/c1-21(18(23)13-8-9-13)14-5-4-10-22(11-14)17-15-6-2-3-7-16(15)19-12-20-17/h2-3,6-7,12-14H,4-5,8-11H2,1H3. The van der Waals surface area contributed by atoms with Crippen molar-refractivity contribution in [3.8, 4) is 0 Å². The SMILES string of the molecule is CN(C(=O)C1CC1)C1CCCN(c2ncnc3ccccc23)C1. The summed E-state index contributed by atoms with van der Waals surface area (Å²) in [6.45, 7) is 1.85. The van der Waals surface area contributed by atoms with Crippen LogP contribution in [0.1, 0.15) is 25.7 Å². The molecule has 5 nitrogen and oxygen atoms in total. The number of benzene rings is 1. The van der Waals surface area contributed by atoms with E-state index in [-0.39, 0.29) is 12.0 Å². The Morgan fingerprint density at radius 1 is 1.22 bits per heavy atom. The Kier molecular flexibility index (Phi) is 3.63. The second kappa shape index (κ2) is 5.80. The molecule has 2 aromatic rings. The fraction of sp³-hybridized carbons (Fsp3) is 0.500. The first kappa shape index (κ1) is 14.4. The number of amides is 1. The van der Waals surface area contributed by atoms with Gasteiger partial charge in [-0.05, 0) is 37.8 Å². The number of anilines is 1. The van der Waals surface area contributed by atoms with Crippen molar-refractivity contribution in [1.29, 1.82) is 0 Å². The maximum Gasteiger partial charge on any atom is 0.225 e. The summed E-state index contributed by atoms with van der Waals surface area (Å²) in [5.41, 5.74) is 0.974. The van der Waals surface area contributed by atoms with Gasteiger partial charge in [0.25, 0.3) is 0 Å². The van der Waals surface area contributed by atoms with E-state index in [0.29, 0.717) is 5.91 Å². The van der Waals surface area contributed by atoms with Gasteiger partial charge in [-0.1, -0.05) is 12.1 Å². The van der Waals surface area contributed by atoms with Crippen LogP contribution in [0.5, 0.6) is 0 Å². The smallest absolute Gasteiger partial charge is 0.225 e. The van der Waals surface area contributed by atoms with Gasteiger partial charge in [-0.2, -0.15) is 0 Å². The summed E-state index contributed by atoms with van der Waals surface area (Å²) in [5.74, 6) is 1.60. The van der Waals surface area contributed by atoms with E-state index in [0.717, 1.165) is 55.5 Å². The Labute approximate surface area is 136 Å². The van der Waals surface area contributed by atoms with Gasteiger partial charge in [0.1, 0.15) is 12.1 Å². The van der Waals surface area contributed by atoms with Crippen molar-refractivity contribution >= 4 is 22.6 Å². The lowest BCUT2D eigenvalue weighted by atomic mass is 10.0. The quantitative estimate of drug-likeness (QED) is 0.874. The zero-order valence-electron chi connectivity index (χ0n) is 13.5. The van der Waals surface area contributed by atoms with E-state index in [1.807, 2.05) is 30.1 Å². The highest BCUT2D eigenvalue weighted by molar-refractivity contribution is 5.89. The molecule has 0 spiro atoms. The summed E-state index contributed by atoms with van der Waals surface area (Å²) in [5, 5.41) is 1.09. The molecule has 2 aliphatic rings. The summed E-state index contributed by atoms with van der Waals surface area (Å²) in [6.07, 6.45) is 5.94. The van der Waals surface area contributed by atoms with E-state index in [9.17, 15) is 4.79 Å². The maximum absolute atomic E-state index is 12.3. The first-order valence-electron chi connectivity index (χ1n) is 8.45. The van der Waals surface area contributed by atoms with Crippen LogP contribution in [0.3, 0.4) is 0 Å². The number of carbonyl (C=O) groups is 1. The molecule has 1 aliphatic heterocycles. The lowest BCUT2D eigenvalue weighted by molar-refractivity contribution is -0.133. The van der Waals surface area contributed by atoms with E-state index in [1.165, 1.54) is 0 Å². The summed E-state index contributed by atoms with van der Waals surface area (Å²) in [7, 11) is 1.97. The predicted molar refractivity (Wildman–Crippen MR) is 90.3 cm³/mol. The van der Waals surface area contributed by atoms with E-state index >= 15 is 0 Å². The van der Waals surface area contributed by atoms with Crippen LogP contribution in [-0.2, 0) is 4.79 Å². The molecule has 4 rings (SSSR count). The van der Waals surface area contributed by atoms with Crippen molar-refractivity contribution in [2.45, 2.75) is 31.7 Å². The number of para-hydroxylation sites is 1. The van der Waals surface area contributed by atoms with Crippen LogP contribution < -0.4 is 4.90 Å². The fourth-order valence-corrected chi connectivity index (χ4v) is 3.50. The fourth-order valence-electron chi connectivity index (χ4n) is 3.50. The molecular weight excluding hydrogens is 288 g/mol. The summed E-state index contributed by atoms with van der Waals surface area (Å²) < 4.78 is 0. The minimum atomic E-state index is 0.283. The van der Waals surface area contributed by atoms with Gasteiger partial charge < -0.3 is 9.80 Å². The minimum Gasteiger partial charge on any atom is -0.354 e. The van der Waals surface area contributed by atoms with Crippen molar-refractivity contribution in [3.05, 3.63) is 30.6 Å². The summed E-state index contributed by atoms with van der Waals surface area (Å²) in [4.78, 5) is 25.5. The van der Waals surface area contributed by atoms with Gasteiger partial charge in [0.05, 0.1) is 5.52 Å². The van der Waals surface area contributed by atoms with Gasteiger partial charge in [0.2, 0.25) is 5.91 Å². The largest absolute Gasteiger partial charge is 0.354 e. The molecule has 0 N–H and O–H groups in total. The number of aromatic nitrogens is 2. The number of likely N-dealkylation sites (N-methyl/N-ethyl adjacent to an activating group) is 1. The van der Waals surface area contributed by atoms with Gasteiger partial charge in [0.15, 0.2) is 0 Å². The molecule has 0 bridgehead atoms. The zero-order valence-corrected chi connectivity index (χ0v) is 13.5. The molecule has 1 saturated carbocycles. The van der Waals surface area contributed by atoms with E-state index in [1.54, 1.807) is 6.33 Å². The highest BCUT2D eigenvalue weighted by Gasteiger charge is 2.36. The van der Waals surface area contributed by atoms with Crippen LogP contribution in [0.2, 0.25) is 0 Å². The van der Waals surface area contributed by atoms with Gasteiger partial charge in [-0.15, -0.1) is 0 Å². The Morgan fingerprint density at radius 3 is 2.87 bits per heavy atom. The second-order valence-electron chi connectivity index (χ2n) is 6.68. The third kappa shape index (κ3) is 2.76. The monoisotopic (exact) mass is 310 g/mol. The average molecular weight is 310 g/mol. The molecule has 5 heteroatoms. The summed E-state index contributed by atoms with van der Waals surface area (Å²) in [6, 6.07) is 8.41. The first-order chi connectivity index (χ1) is 11.2. The van der Waals surface area contributed by atoms with Crippen LogP contribution in [-0.4, -0.2) is 47.0 Å². The van der Waals surface area contributed by atoms with Crippen molar-refractivity contribution < 1.29 is 4.79 Å². The van der Waals surface area contributed by atoms with Crippen LogP contribution in [0, 0.1) is 5.92 Å². The lowest BCUT2D eigenvalue weighted by Gasteiger charge is -2.38. The zero-order chi connectivity index (χ0) is 15.8. The molecule has 1 aliphatic carbocycles. The number of hydrogen-bond acceptors (Lipinski definition) is 4. The molecule has 2 heterocycles. The third-order valence-corrected chi connectivity index (χ3v) is 5.04. The van der Waals surface area contributed by atoms with Gasteiger partial charge in [-0.3, -0.25) is 4.79 Å². The van der Waals surface area contributed by atoms with Crippen molar-refractivity contribution in [2.24, 2.45) is 5.92 Å². The van der Waals surface area contributed by atoms with E-state index in [4.69, 9.17) is 0 Å². The van der Waals surface area contributed by atoms with Crippen LogP contribution >= 0.6 is 0 Å². The predicted octanol–water partition coefficient (Wildman–Crippen LogP) is 2.47. The number of piperidine rings is 1. The van der Waals surface area contributed by atoms with Crippen LogP contribution in [0.4, 0.5) is 5.82 Å². The number of nitrogens with zero attached hydrogens (tertiary/aromatic N) is 4. The molecular formula is C18H22N4O. The number of rotatable bonds is 3. The minimum absolute atomic E-state index is 0.283. The molecule has 1 unspecified atom stereocenters. The van der Waals surface area contributed by atoms with Crippen molar-refractivity contribution in [1.82, 2.24) is 14.9 Å². The highest BCUT2D eigenvalue weighted by Crippen LogP contribution is 2.33. The molecule has 1 aromatic carbocycles. The van der Waals surface area contributed by atoms with Crippen LogP contribution in [0.15, 0.2) is 30.6 Å². The van der Waals surface area contributed by atoms with Crippen LogP contribution in [0.25, 0.3) is 10.9 Å². The normalized spacial score (nSPS) is 21.4. The molecule has 1 amide bonds. The number of carbonyl (C=O) groups excluding carboxylic acids is 1.